The summed E-state index contributed by atoms with van der Waals surface area (Å²) in [6.07, 6.45) is 5.08. The van der Waals surface area contributed by atoms with E-state index in [9.17, 15) is 0 Å². The standard InChI is InChI=1S/C3H4N2.Co.H2O4S/c1-2-5-3-4-1;;1-5(2,3)4/h1-3H,(H,4,5);;(H2,1,2,3,4)/q;+2;/p-2. The number of nitrogens with one attached hydrogen (secondary N) is 1. The fourth-order valence-electron chi connectivity index (χ4n) is 0.215. The summed E-state index contributed by atoms with van der Waals surface area (Å²) in [5, 5.41) is 0. The minimum atomic E-state index is -5.17. The second-order valence-electron chi connectivity index (χ2n) is 1.17. The Morgan fingerprint density at radius 2 is 1.82 bits per heavy atom. The van der Waals surface area contributed by atoms with Crippen molar-refractivity contribution >= 4 is 10.4 Å². The Kier molecular flexibility index (Phi) is 7.57. The van der Waals surface area contributed by atoms with Crippen LogP contribution >= 0.6 is 0 Å². The van der Waals surface area contributed by atoms with Crippen molar-refractivity contribution in [2.45, 2.75) is 0 Å². The van der Waals surface area contributed by atoms with Crippen molar-refractivity contribution in [2.24, 2.45) is 0 Å². The smallest absolute Gasteiger partial charge is 0.759 e. The first-order valence-corrected chi connectivity index (χ1v) is 3.43. The minimum Gasteiger partial charge on any atom is -0.759 e. The van der Waals surface area contributed by atoms with Gasteiger partial charge < -0.3 is 14.1 Å². The van der Waals surface area contributed by atoms with Gasteiger partial charge in [-0.2, -0.15) is 0 Å². The summed E-state index contributed by atoms with van der Waals surface area (Å²) < 4.78 is 34.1. The summed E-state index contributed by atoms with van der Waals surface area (Å²) in [6, 6.07) is 0. The first kappa shape index (κ1) is 13.2. The molecular weight excluding hydrogens is 219 g/mol. The van der Waals surface area contributed by atoms with Crippen LogP contribution in [-0.4, -0.2) is 27.5 Å². The molecule has 1 radical (unpaired) electrons. The van der Waals surface area contributed by atoms with Crippen LogP contribution in [0.25, 0.3) is 0 Å². The van der Waals surface area contributed by atoms with E-state index in [4.69, 9.17) is 17.5 Å². The number of hydrogen-bond acceptors (Lipinski definition) is 5. The van der Waals surface area contributed by atoms with Crippen LogP contribution in [0.3, 0.4) is 0 Å². The van der Waals surface area contributed by atoms with Crippen molar-refractivity contribution < 1.29 is 34.3 Å². The van der Waals surface area contributed by atoms with Crippen molar-refractivity contribution in [1.82, 2.24) is 9.97 Å². The number of aromatic nitrogens is 2. The van der Waals surface area contributed by atoms with E-state index in [1.165, 1.54) is 0 Å². The Balaban J connectivity index is 0. The summed E-state index contributed by atoms with van der Waals surface area (Å²) in [7, 11) is -5.17. The molecular formula is C3H4CoN2O4S. The van der Waals surface area contributed by atoms with E-state index in [0.29, 0.717) is 0 Å². The average molecular weight is 223 g/mol. The second kappa shape index (κ2) is 6.31. The molecule has 0 spiro atoms. The van der Waals surface area contributed by atoms with Gasteiger partial charge in [0.1, 0.15) is 0 Å². The van der Waals surface area contributed by atoms with Gasteiger partial charge in [-0.1, -0.05) is 0 Å². The zero-order valence-corrected chi connectivity index (χ0v) is 6.91. The van der Waals surface area contributed by atoms with Crippen LogP contribution in [0.15, 0.2) is 18.7 Å². The Labute approximate surface area is 73.8 Å². The molecule has 65 valence electrons. The van der Waals surface area contributed by atoms with E-state index in [1.54, 1.807) is 18.7 Å². The number of nitrogens with zero attached hydrogens (tertiary/aromatic N) is 1. The fraction of sp³-hybridized carbons (Fsp3) is 0. The van der Waals surface area contributed by atoms with Crippen LogP contribution in [-0.2, 0) is 27.2 Å². The molecule has 1 N–H and O–H groups in total. The van der Waals surface area contributed by atoms with Crippen LogP contribution in [0, 0.1) is 0 Å². The summed E-state index contributed by atoms with van der Waals surface area (Å²) in [4.78, 5) is 6.42. The van der Waals surface area contributed by atoms with Gasteiger partial charge in [0, 0.05) is 22.8 Å². The van der Waals surface area contributed by atoms with Crippen LogP contribution in [0.5, 0.6) is 0 Å². The third-order valence-corrected chi connectivity index (χ3v) is 0.406. The predicted octanol–water partition coefficient (Wildman–Crippen LogP) is -0.931. The molecule has 0 aliphatic heterocycles. The molecule has 0 aliphatic rings. The minimum absolute atomic E-state index is 0. The first-order valence-electron chi connectivity index (χ1n) is 2.09. The predicted molar refractivity (Wildman–Crippen MR) is 29.1 cm³/mol. The molecule has 11 heavy (non-hydrogen) atoms. The maximum atomic E-state index is 8.52. The maximum absolute atomic E-state index is 8.52. The van der Waals surface area contributed by atoms with Crippen molar-refractivity contribution in [3.63, 3.8) is 0 Å². The largest absolute Gasteiger partial charge is 2.00 e. The van der Waals surface area contributed by atoms with Crippen molar-refractivity contribution in [1.29, 1.82) is 0 Å². The van der Waals surface area contributed by atoms with Crippen LogP contribution in [0.4, 0.5) is 0 Å². The van der Waals surface area contributed by atoms with Crippen LogP contribution in [0.1, 0.15) is 0 Å². The molecule has 0 amide bonds. The Hall–Kier alpha value is -0.414. The topological polar surface area (TPSA) is 109 Å². The summed E-state index contributed by atoms with van der Waals surface area (Å²) in [5.74, 6) is 0. The molecule has 0 unspecified atom stereocenters. The molecule has 0 saturated heterocycles. The van der Waals surface area contributed by atoms with E-state index in [0.717, 1.165) is 0 Å². The number of rotatable bonds is 0. The fourth-order valence-corrected chi connectivity index (χ4v) is 0.215. The van der Waals surface area contributed by atoms with E-state index >= 15 is 0 Å². The third-order valence-electron chi connectivity index (χ3n) is 0.406. The SMILES string of the molecule is O=S(=O)([O-])[O-].[Co+2].c1c[nH]cn1. The summed E-state index contributed by atoms with van der Waals surface area (Å²) in [5.41, 5.74) is 0. The third kappa shape index (κ3) is 26.2. The Bertz CT molecular complexity index is 219. The molecule has 1 heterocycles. The van der Waals surface area contributed by atoms with Gasteiger partial charge in [-0.3, -0.25) is 8.42 Å². The Morgan fingerprint density at radius 1 is 1.36 bits per heavy atom. The van der Waals surface area contributed by atoms with Crippen molar-refractivity contribution in [3.05, 3.63) is 18.7 Å². The van der Waals surface area contributed by atoms with Crippen LogP contribution < -0.4 is 0 Å². The zero-order chi connectivity index (χ0) is 8.04. The molecule has 8 heteroatoms. The molecule has 6 nitrogen and oxygen atoms in total. The molecule has 0 aromatic carbocycles. The van der Waals surface area contributed by atoms with Gasteiger partial charge in [-0.25, -0.2) is 4.98 Å². The van der Waals surface area contributed by atoms with Gasteiger partial charge in [-0.15, -0.1) is 0 Å². The average Bonchev–Trinajstić information content (AvgIpc) is 2.07. The number of H-pyrrole nitrogens is 1. The normalized spacial score (nSPS) is 8.91. The first-order chi connectivity index (χ1) is 4.50. The number of imidazole rings is 1. The Morgan fingerprint density at radius 3 is 1.91 bits per heavy atom. The molecule has 0 bridgehead atoms. The molecule has 0 fully saturated rings. The monoisotopic (exact) mass is 223 g/mol. The van der Waals surface area contributed by atoms with Gasteiger partial charge in [-0.05, 0) is 0 Å². The molecule has 1 aromatic heterocycles. The molecule has 0 aliphatic carbocycles. The van der Waals surface area contributed by atoms with Crippen LogP contribution in [0.2, 0.25) is 0 Å². The van der Waals surface area contributed by atoms with E-state index in [1.807, 2.05) is 0 Å². The van der Waals surface area contributed by atoms with E-state index in [2.05, 4.69) is 9.97 Å². The van der Waals surface area contributed by atoms with E-state index in [-0.39, 0.29) is 16.8 Å². The quantitative estimate of drug-likeness (QED) is 0.451. The zero-order valence-electron chi connectivity index (χ0n) is 5.05. The van der Waals surface area contributed by atoms with E-state index < -0.39 is 10.4 Å². The molecule has 1 aromatic rings. The van der Waals surface area contributed by atoms with Gasteiger partial charge in [0.15, 0.2) is 0 Å². The number of aromatic amines is 1. The maximum Gasteiger partial charge on any atom is 2.00 e. The van der Waals surface area contributed by atoms with Gasteiger partial charge in [0.2, 0.25) is 0 Å². The summed E-state index contributed by atoms with van der Waals surface area (Å²) >= 11 is 0. The van der Waals surface area contributed by atoms with Crippen molar-refractivity contribution in [3.8, 4) is 0 Å². The van der Waals surface area contributed by atoms with Gasteiger partial charge in [0.05, 0.1) is 6.33 Å². The van der Waals surface area contributed by atoms with Crippen molar-refractivity contribution in [2.75, 3.05) is 0 Å². The molecule has 0 saturated carbocycles. The van der Waals surface area contributed by atoms with Gasteiger partial charge in [0.25, 0.3) is 0 Å². The molecule has 0 atom stereocenters. The number of hydrogen-bond donors (Lipinski definition) is 1. The molecule has 1 rings (SSSR count). The van der Waals surface area contributed by atoms with Gasteiger partial charge >= 0.3 is 16.8 Å². The second-order valence-corrected chi connectivity index (χ2v) is 1.99. The summed E-state index contributed by atoms with van der Waals surface area (Å²) in [6.45, 7) is 0.